The first-order valence-corrected chi connectivity index (χ1v) is 9.66. The second-order valence-electron chi connectivity index (χ2n) is 7.52. The molecule has 1 saturated heterocycles. The zero-order chi connectivity index (χ0) is 20.0. The first kappa shape index (κ1) is 20.1. The summed E-state index contributed by atoms with van der Waals surface area (Å²) in [5, 5.41) is 9.74. The van der Waals surface area contributed by atoms with Gasteiger partial charge in [0.25, 0.3) is 0 Å². The maximum Gasteiger partial charge on any atom is 0.313 e. The summed E-state index contributed by atoms with van der Waals surface area (Å²) in [7, 11) is 1.51. The van der Waals surface area contributed by atoms with E-state index in [0.717, 1.165) is 11.1 Å². The zero-order valence-electron chi connectivity index (χ0n) is 16.2. The van der Waals surface area contributed by atoms with Gasteiger partial charge in [-0.25, -0.2) is 0 Å². The van der Waals surface area contributed by atoms with Crippen LogP contribution in [0.4, 0.5) is 0 Å². The molecule has 3 rings (SSSR count). The maximum absolute atomic E-state index is 13.2. The predicted octanol–water partition coefficient (Wildman–Crippen LogP) is 3.55. The number of carboxylic acids is 1. The lowest BCUT2D eigenvalue weighted by atomic mass is 9.80. The molecule has 28 heavy (non-hydrogen) atoms. The normalized spacial score (nSPS) is 19.6. The highest BCUT2D eigenvalue weighted by molar-refractivity contribution is 5.80. The third-order valence-corrected chi connectivity index (χ3v) is 5.59. The van der Waals surface area contributed by atoms with E-state index in [-0.39, 0.29) is 25.0 Å². The highest BCUT2D eigenvalue weighted by Crippen LogP contribution is 2.33. The van der Waals surface area contributed by atoms with E-state index in [9.17, 15) is 14.7 Å². The molecule has 0 bridgehead atoms. The SMILES string of the molecule is COCC1(C(=O)O)CCCN(C(=O)CC(c2ccccc2)c2ccccc2)C1. The number of hydrogen-bond acceptors (Lipinski definition) is 3. The second kappa shape index (κ2) is 9.02. The van der Waals surface area contributed by atoms with Gasteiger partial charge in [0.15, 0.2) is 0 Å². The summed E-state index contributed by atoms with van der Waals surface area (Å²) in [5.74, 6) is -0.966. The molecule has 0 saturated carbocycles. The number of rotatable bonds is 7. The van der Waals surface area contributed by atoms with Gasteiger partial charge in [0.05, 0.1) is 6.61 Å². The second-order valence-corrected chi connectivity index (χ2v) is 7.52. The molecule has 148 valence electrons. The molecule has 1 heterocycles. The highest BCUT2D eigenvalue weighted by atomic mass is 16.5. The molecule has 5 heteroatoms. The average molecular weight is 381 g/mol. The van der Waals surface area contributed by atoms with Gasteiger partial charge >= 0.3 is 5.97 Å². The number of benzene rings is 2. The van der Waals surface area contributed by atoms with Crippen LogP contribution >= 0.6 is 0 Å². The van der Waals surface area contributed by atoms with Crippen LogP contribution in [0.25, 0.3) is 0 Å². The molecule has 1 atom stereocenters. The number of aliphatic carboxylic acids is 1. The van der Waals surface area contributed by atoms with Crippen LogP contribution in [0.1, 0.15) is 36.3 Å². The van der Waals surface area contributed by atoms with Crippen molar-refractivity contribution < 1.29 is 19.4 Å². The van der Waals surface area contributed by atoms with Gasteiger partial charge < -0.3 is 14.7 Å². The van der Waals surface area contributed by atoms with E-state index in [0.29, 0.717) is 25.8 Å². The van der Waals surface area contributed by atoms with E-state index in [4.69, 9.17) is 4.74 Å². The van der Waals surface area contributed by atoms with Crippen molar-refractivity contribution >= 4 is 11.9 Å². The number of carboxylic acid groups (broad SMARTS) is 1. The van der Waals surface area contributed by atoms with Gasteiger partial charge in [-0.1, -0.05) is 60.7 Å². The smallest absolute Gasteiger partial charge is 0.313 e. The van der Waals surface area contributed by atoms with Crippen molar-refractivity contribution in [1.82, 2.24) is 4.90 Å². The molecule has 0 aliphatic carbocycles. The van der Waals surface area contributed by atoms with Crippen molar-refractivity contribution in [1.29, 1.82) is 0 Å². The lowest BCUT2D eigenvalue weighted by Crippen LogP contribution is -2.52. The Balaban J connectivity index is 1.81. The maximum atomic E-state index is 13.2. The van der Waals surface area contributed by atoms with Crippen LogP contribution in [-0.4, -0.2) is 48.7 Å². The van der Waals surface area contributed by atoms with E-state index in [1.807, 2.05) is 60.7 Å². The Morgan fingerprint density at radius 1 is 1.07 bits per heavy atom. The first-order valence-electron chi connectivity index (χ1n) is 9.66. The minimum atomic E-state index is -1.02. The van der Waals surface area contributed by atoms with Gasteiger partial charge in [0, 0.05) is 32.5 Å². The fourth-order valence-electron chi connectivity index (χ4n) is 4.08. The number of carbonyl (C=O) groups is 2. The number of nitrogens with zero attached hydrogens (tertiary/aromatic N) is 1. The predicted molar refractivity (Wildman–Crippen MR) is 107 cm³/mol. The van der Waals surface area contributed by atoms with Gasteiger partial charge in [-0.2, -0.15) is 0 Å². The van der Waals surface area contributed by atoms with Crippen molar-refractivity contribution in [3.8, 4) is 0 Å². The molecular weight excluding hydrogens is 354 g/mol. The minimum absolute atomic E-state index is 0.0147. The Labute approximate surface area is 165 Å². The third kappa shape index (κ3) is 4.42. The number of piperidine rings is 1. The topological polar surface area (TPSA) is 66.8 Å². The summed E-state index contributed by atoms with van der Waals surface area (Å²) >= 11 is 0. The summed E-state index contributed by atoms with van der Waals surface area (Å²) in [6, 6.07) is 20.0. The minimum Gasteiger partial charge on any atom is -0.481 e. The molecule has 0 aromatic heterocycles. The lowest BCUT2D eigenvalue weighted by molar-refractivity contribution is -0.159. The Hall–Kier alpha value is -2.66. The molecule has 2 aromatic rings. The Kier molecular flexibility index (Phi) is 6.47. The Morgan fingerprint density at radius 2 is 1.64 bits per heavy atom. The molecule has 1 unspecified atom stereocenters. The first-order chi connectivity index (χ1) is 13.6. The standard InChI is InChI=1S/C23H27NO4/c1-28-17-23(22(26)27)13-8-14-24(16-23)21(25)15-20(18-9-4-2-5-10-18)19-11-6-3-7-12-19/h2-7,9-12,20H,8,13-17H2,1H3,(H,26,27). The fraction of sp³-hybridized carbons (Fsp3) is 0.391. The van der Waals surface area contributed by atoms with Crippen LogP contribution in [-0.2, 0) is 14.3 Å². The summed E-state index contributed by atoms with van der Waals surface area (Å²) in [6.45, 7) is 0.909. The Morgan fingerprint density at radius 3 is 2.14 bits per heavy atom. The molecule has 1 fully saturated rings. The van der Waals surface area contributed by atoms with Crippen LogP contribution < -0.4 is 0 Å². The van der Waals surface area contributed by atoms with Crippen LogP contribution in [0.3, 0.4) is 0 Å². The van der Waals surface area contributed by atoms with E-state index < -0.39 is 11.4 Å². The molecule has 1 amide bonds. The molecule has 1 aliphatic heterocycles. The largest absolute Gasteiger partial charge is 0.481 e. The number of ether oxygens (including phenoxy) is 1. The molecule has 2 aromatic carbocycles. The van der Waals surface area contributed by atoms with Crippen molar-refractivity contribution in [2.75, 3.05) is 26.8 Å². The average Bonchev–Trinajstić information content (AvgIpc) is 2.73. The number of likely N-dealkylation sites (tertiary alicyclic amines) is 1. The van der Waals surface area contributed by atoms with Gasteiger partial charge in [0.1, 0.15) is 5.41 Å². The van der Waals surface area contributed by atoms with Crippen molar-refractivity contribution in [3.63, 3.8) is 0 Å². The van der Waals surface area contributed by atoms with E-state index in [2.05, 4.69) is 0 Å². The monoisotopic (exact) mass is 381 g/mol. The summed E-state index contributed by atoms with van der Waals surface area (Å²) in [4.78, 5) is 26.7. The summed E-state index contributed by atoms with van der Waals surface area (Å²) < 4.78 is 5.17. The number of hydrogen-bond donors (Lipinski definition) is 1. The van der Waals surface area contributed by atoms with E-state index >= 15 is 0 Å². The Bertz CT molecular complexity index is 749. The molecule has 1 aliphatic rings. The van der Waals surface area contributed by atoms with Crippen molar-refractivity contribution in [2.45, 2.75) is 25.2 Å². The fourth-order valence-corrected chi connectivity index (χ4v) is 4.08. The summed E-state index contributed by atoms with van der Waals surface area (Å²) in [5.41, 5.74) is 1.15. The van der Waals surface area contributed by atoms with Crippen LogP contribution in [0.2, 0.25) is 0 Å². The lowest BCUT2D eigenvalue weighted by Gasteiger charge is -2.40. The quantitative estimate of drug-likeness (QED) is 0.796. The number of amides is 1. The zero-order valence-corrected chi connectivity index (χ0v) is 16.2. The van der Waals surface area contributed by atoms with Gasteiger partial charge in [-0.15, -0.1) is 0 Å². The third-order valence-electron chi connectivity index (χ3n) is 5.59. The summed E-state index contributed by atoms with van der Waals surface area (Å²) in [6.07, 6.45) is 1.51. The van der Waals surface area contributed by atoms with Crippen molar-refractivity contribution in [3.05, 3.63) is 71.8 Å². The molecule has 1 N–H and O–H groups in total. The van der Waals surface area contributed by atoms with E-state index in [1.165, 1.54) is 7.11 Å². The van der Waals surface area contributed by atoms with Crippen LogP contribution in [0, 0.1) is 5.41 Å². The molecule has 0 spiro atoms. The number of carbonyl (C=O) groups excluding carboxylic acids is 1. The molecule has 5 nitrogen and oxygen atoms in total. The van der Waals surface area contributed by atoms with Gasteiger partial charge in [0.2, 0.25) is 5.91 Å². The van der Waals surface area contributed by atoms with Gasteiger partial charge in [-0.05, 0) is 24.0 Å². The highest BCUT2D eigenvalue weighted by Gasteiger charge is 2.44. The van der Waals surface area contributed by atoms with Crippen molar-refractivity contribution in [2.24, 2.45) is 5.41 Å². The number of methoxy groups -OCH3 is 1. The molecule has 0 radical (unpaired) electrons. The van der Waals surface area contributed by atoms with Crippen LogP contribution in [0.5, 0.6) is 0 Å². The van der Waals surface area contributed by atoms with Gasteiger partial charge in [-0.3, -0.25) is 9.59 Å². The van der Waals surface area contributed by atoms with E-state index in [1.54, 1.807) is 4.90 Å². The molecular formula is C23H27NO4. The van der Waals surface area contributed by atoms with Crippen LogP contribution in [0.15, 0.2) is 60.7 Å².